The van der Waals surface area contributed by atoms with E-state index in [1.54, 1.807) is 30.9 Å². The minimum absolute atomic E-state index is 0.0642. The van der Waals surface area contributed by atoms with E-state index in [0.717, 1.165) is 16.3 Å². The van der Waals surface area contributed by atoms with Gasteiger partial charge >= 0.3 is 5.69 Å². The Morgan fingerprint density at radius 2 is 1.93 bits per heavy atom. The van der Waals surface area contributed by atoms with Gasteiger partial charge in [-0.15, -0.1) is 0 Å². The molecule has 30 heavy (non-hydrogen) atoms. The van der Waals surface area contributed by atoms with Gasteiger partial charge in [-0.25, -0.2) is 0 Å². The third kappa shape index (κ3) is 3.77. The molecule has 9 nitrogen and oxygen atoms in total. The van der Waals surface area contributed by atoms with E-state index in [0.29, 0.717) is 17.9 Å². The second kappa shape index (κ2) is 7.78. The number of anilines is 1. The molecule has 0 aliphatic rings. The molecule has 0 saturated carbocycles. The van der Waals surface area contributed by atoms with E-state index in [1.165, 1.54) is 4.68 Å². The Balaban J connectivity index is 1.45. The van der Waals surface area contributed by atoms with Crippen LogP contribution in [0.2, 0.25) is 0 Å². The van der Waals surface area contributed by atoms with Gasteiger partial charge in [-0.05, 0) is 30.2 Å². The minimum Gasteiger partial charge on any atom is -0.322 e. The van der Waals surface area contributed by atoms with Crippen molar-refractivity contribution in [1.29, 1.82) is 0 Å². The number of fused-ring (bicyclic) bond motifs is 1. The standard InChI is InChI=1S/C21H20N6O3/c1-14-21(27(29)30)15(2)26(24-14)13-20(28)23-18-10-22-25(12-18)11-17-8-5-7-16-6-3-4-9-19(16)17/h3-10,12H,11,13H2,1-2H3,(H,23,28). The van der Waals surface area contributed by atoms with Crippen molar-refractivity contribution in [2.45, 2.75) is 26.9 Å². The first kappa shape index (κ1) is 19.3. The van der Waals surface area contributed by atoms with E-state index < -0.39 is 4.92 Å². The Kier molecular flexibility index (Phi) is 5.01. The van der Waals surface area contributed by atoms with Crippen LogP contribution in [0.5, 0.6) is 0 Å². The molecule has 4 rings (SSSR count). The van der Waals surface area contributed by atoms with Gasteiger partial charge in [-0.1, -0.05) is 42.5 Å². The summed E-state index contributed by atoms with van der Waals surface area (Å²) < 4.78 is 3.09. The molecule has 0 bridgehead atoms. The third-order valence-corrected chi connectivity index (χ3v) is 4.95. The monoisotopic (exact) mass is 404 g/mol. The smallest absolute Gasteiger partial charge is 0.312 e. The SMILES string of the molecule is Cc1nn(CC(=O)Nc2cnn(Cc3cccc4ccccc34)c2)c(C)c1[N+](=O)[O-]. The van der Waals surface area contributed by atoms with Crippen LogP contribution < -0.4 is 5.32 Å². The number of rotatable bonds is 6. The highest BCUT2D eigenvalue weighted by atomic mass is 16.6. The van der Waals surface area contributed by atoms with Crippen LogP contribution >= 0.6 is 0 Å². The van der Waals surface area contributed by atoms with Gasteiger partial charge in [0.15, 0.2) is 0 Å². The van der Waals surface area contributed by atoms with Gasteiger partial charge in [0.1, 0.15) is 17.9 Å². The average molecular weight is 404 g/mol. The zero-order valence-electron chi connectivity index (χ0n) is 16.6. The second-order valence-electron chi connectivity index (χ2n) is 7.05. The van der Waals surface area contributed by atoms with Crippen LogP contribution in [-0.4, -0.2) is 30.4 Å². The molecule has 152 valence electrons. The minimum atomic E-state index is -0.483. The summed E-state index contributed by atoms with van der Waals surface area (Å²) in [6.07, 6.45) is 3.33. The fourth-order valence-electron chi connectivity index (χ4n) is 3.56. The summed E-state index contributed by atoms with van der Waals surface area (Å²) in [6.45, 7) is 3.58. The number of nitro groups is 1. The maximum Gasteiger partial charge on any atom is 0.312 e. The van der Waals surface area contributed by atoms with Crippen molar-refractivity contribution in [3.8, 4) is 0 Å². The number of hydrogen-bond acceptors (Lipinski definition) is 5. The van der Waals surface area contributed by atoms with Gasteiger partial charge in [-0.3, -0.25) is 24.3 Å². The topological polar surface area (TPSA) is 108 Å². The molecule has 1 amide bonds. The molecule has 0 spiro atoms. The molecular weight excluding hydrogens is 384 g/mol. The molecule has 0 aliphatic heterocycles. The van der Waals surface area contributed by atoms with E-state index in [1.807, 2.05) is 18.2 Å². The Morgan fingerprint density at radius 1 is 1.17 bits per heavy atom. The lowest BCUT2D eigenvalue weighted by Crippen LogP contribution is -2.20. The molecule has 0 atom stereocenters. The fourth-order valence-corrected chi connectivity index (χ4v) is 3.56. The molecule has 2 aromatic heterocycles. The number of carbonyl (C=O) groups is 1. The highest BCUT2D eigenvalue weighted by Gasteiger charge is 2.22. The third-order valence-electron chi connectivity index (χ3n) is 4.95. The van der Waals surface area contributed by atoms with Crippen LogP contribution in [0.1, 0.15) is 17.0 Å². The Bertz CT molecular complexity index is 1250. The average Bonchev–Trinajstić information content (AvgIpc) is 3.25. The molecule has 0 radical (unpaired) electrons. The number of amides is 1. The molecule has 2 heterocycles. The van der Waals surface area contributed by atoms with Crippen molar-refractivity contribution < 1.29 is 9.72 Å². The summed E-state index contributed by atoms with van der Waals surface area (Å²) >= 11 is 0. The van der Waals surface area contributed by atoms with E-state index in [2.05, 4.69) is 39.8 Å². The molecule has 2 aromatic carbocycles. The highest BCUT2D eigenvalue weighted by molar-refractivity contribution is 5.90. The van der Waals surface area contributed by atoms with E-state index in [9.17, 15) is 14.9 Å². The van der Waals surface area contributed by atoms with Crippen molar-refractivity contribution in [3.63, 3.8) is 0 Å². The molecule has 4 aromatic rings. The lowest BCUT2D eigenvalue weighted by atomic mass is 10.0. The molecule has 9 heteroatoms. The number of nitrogens with one attached hydrogen (secondary N) is 1. The van der Waals surface area contributed by atoms with Gasteiger partial charge in [-0.2, -0.15) is 10.2 Å². The molecule has 0 unspecified atom stereocenters. The van der Waals surface area contributed by atoms with Crippen molar-refractivity contribution >= 4 is 28.1 Å². The van der Waals surface area contributed by atoms with Crippen LogP contribution in [0.3, 0.4) is 0 Å². The van der Waals surface area contributed by atoms with E-state index in [4.69, 9.17) is 0 Å². The zero-order valence-corrected chi connectivity index (χ0v) is 16.6. The number of nitrogens with zero attached hydrogens (tertiary/aromatic N) is 5. The first-order valence-electron chi connectivity index (χ1n) is 9.39. The molecular formula is C21H20N6O3. The summed E-state index contributed by atoms with van der Waals surface area (Å²) in [4.78, 5) is 23.0. The summed E-state index contributed by atoms with van der Waals surface area (Å²) in [5.41, 5.74) is 2.25. The van der Waals surface area contributed by atoms with Crippen molar-refractivity contribution in [1.82, 2.24) is 19.6 Å². The first-order chi connectivity index (χ1) is 14.4. The molecule has 0 fully saturated rings. The van der Waals surface area contributed by atoms with Crippen molar-refractivity contribution in [3.05, 3.63) is 81.9 Å². The lowest BCUT2D eigenvalue weighted by Gasteiger charge is -2.07. The van der Waals surface area contributed by atoms with E-state index >= 15 is 0 Å². The lowest BCUT2D eigenvalue weighted by molar-refractivity contribution is -0.386. The summed E-state index contributed by atoms with van der Waals surface area (Å²) in [6, 6.07) is 14.3. The summed E-state index contributed by atoms with van der Waals surface area (Å²) in [5, 5.41) is 24.6. The van der Waals surface area contributed by atoms with Crippen LogP contribution in [0.25, 0.3) is 10.8 Å². The summed E-state index contributed by atoms with van der Waals surface area (Å²) in [7, 11) is 0. The normalized spacial score (nSPS) is 11.0. The number of hydrogen-bond donors (Lipinski definition) is 1. The zero-order chi connectivity index (χ0) is 21.3. The summed E-state index contributed by atoms with van der Waals surface area (Å²) in [5.74, 6) is -0.333. The van der Waals surface area contributed by atoms with Gasteiger partial charge in [0.05, 0.1) is 23.4 Å². The predicted octanol–water partition coefficient (Wildman–Crippen LogP) is 3.44. The molecule has 0 saturated heterocycles. The number of aryl methyl sites for hydroxylation is 1. The van der Waals surface area contributed by atoms with Crippen molar-refractivity contribution in [2.75, 3.05) is 5.32 Å². The van der Waals surface area contributed by atoms with Gasteiger partial charge in [0.25, 0.3) is 0 Å². The van der Waals surface area contributed by atoms with E-state index in [-0.39, 0.29) is 23.8 Å². The molecule has 0 aliphatic carbocycles. The largest absolute Gasteiger partial charge is 0.322 e. The Labute approximate surface area is 172 Å². The van der Waals surface area contributed by atoms with Crippen LogP contribution in [0.15, 0.2) is 54.9 Å². The maximum absolute atomic E-state index is 12.4. The fraction of sp³-hybridized carbons (Fsp3) is 0.190. The van der Waals surface area contributed by atoms with Crippen LogP contribution in [-0.2, 0) is 17.9 Å². The van der Waals surface area contributed by atoms with Crippen LogP contribution in [0, 0.1) is 24.0 Å². The van der Waals surface area contributed by atoms with Crippen LogP contribution in [0.4, 0.5) is 11.4 Å². The number of carbonyl (C=O) groups excluding carboxylic acids is 1. The predicted molar refractivity (Wildman–Crippen MR) is 112 cm³/mol. The Morgan fingerprint density at radius 3 is 2.70 bits per heavy atom. The highest BCUT2D eigenvalue weighted by Crippen LogP contribution is 2.22. The number of benzene rings is 2. The second-order valence-corrected chi connectivity index (χ2v) is 7.05. The van der Waals surface area contributed by atoms with Gasteiger partial charge in [0, 0.05) is 6.20 Å². The van der Waals surface area contributed by atoms with Gasteiger partial charge in [0.2, 0.25) is 5.91 Å². The maximum atomic E-state index is 12.4. The van der Waals surface area contributed by atoms with Crippen molar-refractivity contribution in [2.24, 2.45) is 0 Å². The molecule has 1 N–H and O–H groups in total. The first-order valence-corrected chi connectivity index (χ1v) is 9.39. The Hall–Kier alpha value is -4.01. The quantitative estimate of drug-likeness (QED) is 0.391. The number of aromatic nitrogens is 4. The van der Waals surface area contributed by atoms with Gasteiger partial charge < -0.3 is 5.32 Å².